The Morgan fingerprint density at radius 1 is 1.12 bits per heavy atom. The molecule has 2 aliphatic rings. The van der Waals surface area contributed by atoms with E-state index in [0.29, 0.717) is 11.6 Å². The molecule has 1 saturated carbocycles. The Balaban J connectivity index is 1.81. The number of aryl methyl sites for hydroxylation is 1. The van der Waals surface area contributed by atoms with Gasteiger partial charge in [0.15, 0.2) is 0 Å². The number of carbonyl (C=O) groups excluding carboxylic acids is 1. The highest BCUT2D eigenvalue weighted by atomic mass is 16.7. The van der Waals surface area contributed by atoms with Crippen LogP contribution in [0.4, 0.5) is 0 Å². The number of amides is 1. The monoisotopic (exact) mass is 329 g/mol. The fourth-order valence-corrected chi connectivity index (χ4v) is 3.34. The fraction of sp³-hybridized carbons (Fsp3) is 0.632. The van der Waals surface area contributed by atoms with Gasteiger partial charge in [0.2, 0.25) is 0 Å². The van der Waals surface area contributed by atoms with Gasteiger partial charge in [0.25, 0.3) is 5.91 Å². The van der Waals surface area contributed by atoms with E-state index in [4.69, 9.17) is 9.31 Å². The summed E-state index contributed by atoms with van der Waals surface area (Å²) in [6, 6.07) is 6.10. The SMILES string of the molecule is Cc1ccc(C(=O)NC2CCCC2)cc1B1OC(C)(C)C(C)(C)O1. The number of hydrogen-bond donors (Lipinski definition) is 1. The van der Waals surface area contributed by atoms with Gasteiger partial charge in [0.1, 0.15) is 0 Å². The molecule has 0 radical (unpaired) electrons. The highest BCUT2D eigenvalue weighted by Gasteiger charge is 2.52. The van der Waals surface area contributed by atoms with Crippen molar-refractivity contribution in [3.05, 3.63) is 29.3 Å². The summed E-state index contributed by atoms with van der Waals surface area (Å²) >= 11 is 0. The van der Waals surface area contributed by atoms with Crippen molar-refractivity contribution < 1.29 is 14.1 Å². The van der Waals surface area contributed by atoms with E-state index in [-0.39, 0.29) is 17.1 Å². The predicted molar refractivity (Wildman–Crippen MR) is 96.6 cm³/mol. The van der Waals surface area contributed by atoms with Gasteiger partial charge in [-0.05, 0) is 65.1 Å². The van der Waals surface area contributed by atoms with Crippen LogP contribution < -0.4 is 10.8 Å². The van der Waals surface area contributed by atoms with Crippen LogP contribution in [0, 0.1) is 6.92 Å². The molecule has 4 nitrogen and oxygen atoms in total. The van der Waals surface area contributed by atoms with Crippen LogP contribution in [0.25, 0.3) is 0 Å². The van der Waals surface area contributed by atoms with Crippen LogP contribution in [0.5, 0.6) is 0 Å². The van der Waals surface area contributed by atoms with Gasteiger partial charge in [-0.1, -0.05) is 24.5 Å². The van der Waals surface area contributed by atoms with Gasteiger partial charge >= 0.3 is 7.12 Å². The summed E-state index contributed by atoms with van der Waals surface area (Å²) in [5.41, 5.74) is 1.93. The zero-order chi connectivity index (χ0) is 17.5. The van der Waals surface area contributed by atoms with E-state index in [2.05, 4.69) is 5.32 Å². The van der Waals surface area contributed by atoms with Crippen molar-refractivity contribution in [1.29, 1.82) is 0 Å². The second kappa shape index (κ2) is 6.19. The van der Waals surface area contributed by atoms with Gasteiger partial charge in [0, 0.05) is 11.6 Å². The standard InChI is InChI=1S/C19H28BNO3/c1-13-10-11-14(17(22)21-15-8-6-7-9-15)12-16(13)20-23-18(2,3)19(4,5)24-20/h10-12,15H,6-9H2,1-5H3,(H,21,22). The van der Waals surface area contributed by atoms with E-state index in [1.165, 1.54) is 12.8 Å². The van der Waals surface area contributed by atoms with Crippen molar-refractivity contribution in [1.82, 2.24) is 5.32 Å². The first-order chi connectivity index (χ1) is 11.2. The molecule has 2 fully saturated rings. The van der Waals surface area contributed by atoms with Crippen molar-refractivity contribution in [3.63, 3.8) is 0 Å². The van der Waals surface area contributed by atoms with Crippen LogP contribution in [-0.4, -0.2) is 30.3 Å². The van der Waals surface area contributed by atoms with Gasteiger partial charge in [-0.15, -0.1) is 0 Å². The summed E-state index contributed by atoms with van der Waals surface area (Å²) in [7, 11) is -0.436. The highest BCUT2D eigenvalue weighted by molar-refractivity contribution is 6.62. The molecule has 1 N–H and O–H groups in total. The Bertz CT molecular complexity index is 619. The number of rotatable bonds is 3. The quantitative estimate of drug-likeness (QED) is 0.868. The van der Waals surface area contributed by atoms with Crippen LogP contribution in [0.1, 0.15) is 69.3 Å². The van der Waals surface area contributed by atoms with Crippen molar-refractivity contribution in [3.8, 4) is 0 Å². The van der Waals surface area contributed by atoms with Crippen molar-refractivity contribution in [2.45, 2.75) is 77.5 Å². The molecule has 1 aromatic carbocycles. The minimum Gasteiger partial charge on any atom is -0.399 e. The summed E-state index contributed by atoms with van der Waals surface area (Å²) in [4.78, 5) is 12.5. The Morgan fingerprint density at radius 3 is 2.29 bits per heavy atom. The third-order valence-electron chi connectivity index (χ3n) is 5.74. The molecular formula is C19H28BNO3. The molecule has 1 aromatic rings. The average molecular weight is 329 g/mol. The summed E-state index contributed by atoms with van der Waals surface area (Å²) < 4.78 is 12.3. The van der Waals surface area contributed by atoms with E-state index in [0.717, 1.165) is 23.9 Å². The largest absolute Gasteiger partial charge is 0.495 e. The fourth-order valence-electron chi connectivity index (χ4n) is 3.34. The zero-order valence-corrected chi connectivity index (χ0v) is 15.4. The van der Waals surface area contributed by atoms with Crippen molar-refractivity contribution >= 4 is 18.5 Å². The number of benzene rings is 1. The molecule has 0 aromatic heterocycles. The summed E-state index contributed by atoms with van der Waals surface area (Å²) in [5.74, 6) is -0.000308. The molecule has 5 heteroatoms. The molecule has 0 atom stereocenters. The van der Waals surface area contributed by atoms with Gasteiger partial charge in [-0.3, -0.25) is 4.79 Å². The van der Waals surface area contributed by atoms with Crippen LogP contribution >= 0.6 is 0 Å². The molecule has 1 aliphatic heterocycles. The summed E-state index contributed by atoms with van der Waals surface area (Å²) in [6.45, 7) is 10.2. The highest BCUT2D eigenvalue weighted by Crippen LogP contribution is 2.36. The van der Waals surface area contributed by atoms with E-state index in [1.54, 1.807) is 0 Å². The maximum absolute atomic E-state index is 12.5. The molecule has 130 valence electrons. The second-order valence-electron chi connectivity index (χ2n) is 8.11. The van der Waals surface area contributed by atoms with Crippen LogP contribution in [0.2, 0.25) is 0 Å². The number of carbonyl (C=O) groups is 1. The van der Waals surface area contributed by atoms with Crippen LogP contribution in [-0.2, 0) is 9.31 Å². The lowest BCUT2D eigenvalue weighted by Crippen LogP contribution is -2.41. The third-order valence-corrected chi connectivity index (χ3v) is 5.74. The smallest absolute Gasteiger partial charge is 0.399 e. The molecular weight excluding hydrogens is 301 g/mol. The van der Waals surface area contributed by atoms with Gasteiger partial charge in [-0.25, -0.2) is 0 Å². The molecule has 24 heavy (non-hydrogen) atoms. The van der Waals surface area contributed by atoms with E-state index >= 15 is 0 Å². The molecule has 0 spiro atoms. The van der Waals surface area contributed by atoms with E-state index in [1.807, 2.05) is 52.8 Å². The van der Waals surface area contributed by atoms with Crippen molar-refractivity contribution in [2.75, 3.05) is 0 Å². The van der Waals surface area contributed by atoms with Crippen LogP contribution in [0.3, 0.4) is 0 Å². The van der Waals surface area contributed by atoms with Crippen molar-refractivity contribution in [2.24, 2.45) is 0 Å². The lowest BCUT2D eigenvalue weighted by Gasteiger charge is -2.32. The first kappa shape index (κ1) is 17.5. The first-order valence-electron chi connectivity index (χ1n) is 8.97. The molecule has 1 amide bonds. The lowest BCUT2D eigenvalue weighted by atomic mass is 9.75. The number of hydrogen-bond acceptors (Lipinski definition) is 3. The molecule has 0 unspecified atom stereocenters. The summed E-state index contributed by atoms with van der Waals surface area (Å²) in [5, 5.41) is 3.14. The Morgan fingerprint density at radius 2 is 1.71 bits per heavy atom. The minimum atomic E-state index is -0.436. The minimum absolute atomic E-state index is 0.000308. The lowest BCUT2D eigenvalue weighted by molar-refractivity contribution is 0.00578. The molecule has 1 saturated heterocycles. The second-order valence-corrected chi connectivity index (χ2v) is 8.11. The van der Waals surface area contributed by atoms with Gasteiger partial charge < -0.3 is 14.6 Å². The van der Waals surface area contributed by atoms with Gasteiger partial charge in [-0.2, -0.15) is 0 Å². The molecule has 3 rings (SSSR count). The van der Waals surface area contributed by atoms with E-state index in [9.17, 15) is 4.79 Å². The Labute approximate surface area is 145 Å². The summed E-state index contributed by atoms with van der Waals surface area (Å²) in [6.07, 6.45) is 4.58. The number of nitrogens with one attached hydrogen (secondary N) is 1. The van der Waals surface area contributed by atoms with E-state index < -0.39 is 7.12 Å². The average Bonchev–Trinajstić information content (AvgIpc) is 3.05. The maximum atomic E-state index is 12.5. The topological polar surface area (TPSA) is 47.6 Å². The van der Waals surface area contributed by atoms with Gasteiger partial charge in [0.05, 0.1) is 11.2 Å². The predicted octanol–water partition coefficient (Wildman–Crippen LogP) is 2.97. The third kappa shape index (κ3) is 3.24. The molecule has 1 heterocycles. The van der Waals surface area contributed by atoms with Crippen LogP contribution in [0.15, 0.2) is 18.2 Å². The first-order valence-corrected chi connectivity index (χ1v) is 8.97. The molecule has 1 aliphatic carbocycles. The molecule has 0 bridgehead atoms. The maximum Gasteiger partial charge on any atom is 0.495 e. The Hall–Kier alpha value is -1.33. The Kier molecular flexibility index (Phi) is 4.52. The zero-order valence-electron chi connectivity index (χ0n) is 15.4. The normalized spacial score (nSPS) is 22.8.